The minimum atomic E-state index is -4.51. The Morgan fingerprint density at radius 3 is 2.58 bits per heavy atom. The van der Waals surface area contributed by atoms with Crippen LogP contribution in [0.25, 0.3) is 11.0 Å². The predicted octanol–water partition coefficient (Wildman–Crippen LogP) is 2.40. The van der Waals surface area contributed by atoms with Crippen molar-refractivity contribution in [3.63, 3.8) is 0 Å². The average Bonchev–Trinajstić information content (AvgIpc) is 2.85. The van der Waals surface area contributed by atoms with Crippen LogP contribution in [-0.4, -0.2) is 29.7 Å². The van der Waals surface area contributed by atoms with E-state index in [9.17, 15) is 13.2 Å². The van der Waals surface area contributed by atoms with Crippen LogP contribution in [0, 0.1) is 13.8 Å². The smallest absolute Gasteiger partial charge is 0.362 e. The van der Waals surface area contributed by atoms with Crippen molar-refractivity contribution < 1.29 is 13.2 Å². The SMILES string of the molecule is Cc1cc(C(F)(F)F)nc(CNc2nc(C)nc3c2cnn3C)n1. The Hall–Kier alpha value is -2.78. The highest BCUT2D eigenvalue weighted by Gasteiger charge is 2.33. The van der Waals surface area contributed by atoms with Crippen LogP contribution in [0.2, 0.25) is 0 Å². The maximum atomic E-state index is 12.8. The number of halogens is 3. The van der Waals surface area contributed by atoms with E-state index in [2.05, 4.69) is 30.4 Å². The van der Waals surface area contributed by atoms with Crippen molar-refractivity contribution in [2.45, 2.75) is 26.6 Å². The summed E-state index contributed by atoms with van der Waals surface area (Å²) in [5.41, 5.74) is -0.0807. The van der Waals surface area contributed by atoms with E-state index in [0.717, 1.165) is 6.07 Å². The van der Waals surface area contributed by atoms with Crippen LogP contribution in [0.1, 0.15) is 23.0 Å². The quantitative estimate of drug-likeness (QED) is 0.790. The molecule has 0 amide bonds. The molecule has 0 aliphatic heterocycles. The molecular formula is C14H14F3N7. The van der Waals surface area contributed by atoms with E-state index in [1.165, 1.54) is 6.92 Å². The second kappa shape index (κ2) is 5.69. The summed E-state index contributed by atoms with van der Waals surface area (Å²) in [5, 5.41) is 7.75. The van der Waals surface area contributed by atoms with Gasteiger partial charge in [0, 0.05) is 12.7 Å². The number of anilines is 1. The first-order valence-electron chi connectivity index (χ1n) is 7.06. The Kier molecular flexibility index (Phi) is 3.82. The standard InChI is InChI=1S/C14H14F3N7/c1-7-4-10(14(15,16)17)23-11(20-7)6-18-12-9-5-19-24(3)13(9)22-8(2)21-12/h4-5H,6H2,1-3H3,(H,18,21,22). The molecule has 0 saturated heterocycles. The van der Waals surface area contributed by atoms with Crippen LogP contribution in [0.3, 0.4) is 0 Å². The zero-order valence-corrected chi connectivity index (χ0v) is 13.2. The van der Waals surface area contributed by atoms with Gasteiger partial charge in [-0.2, -0.15) is 18.3 Å². The van der Waals surface area contributed by atoms with E-state index in [4.69, 9.17) is 0 Å². The highest BCUT2D eigenvalue weighted by Crippen LogP contribution is 2.28. The molecule has 0 radical (unpaired) electrons. The van der Waals surface area contributed by atoms with E-state index in [1.807, 2.05) is 0 Å². The highest BCUT2D eigenvalue weighted by atomic mass is 19.4. The first-order valence-corrected chi connectivity index (χ1v) is 7.06. The number of hydrogen-bond donors (Lipinski definition) is 1. The zero-order chi connectivity index (χ0) is 17.5. The van der Waals surface area contributed by atoms with Crippen molar-refractivity contribution in [1.82, 2.24) is 29.7 Å². The van der Waals surface area contributed by atoms with E-state index in [0.29, 0.717) is 22.7 Å². The largest absolute Gasteiger partial charge is 0.433 e. The first kappa shape index (κ1) is 16.1. The molecule has 3 aromatic heterocycles. The molecule has 0 unspecified atom stereocenters. The van der Waals surface area contributed by atoms with E-state index in [-0.39, 0.29) is 18.1 Å². The van der Waals surface area contributed by atoms with Gasteiger partial charge in [-0.25, -0.2) is 19.9 Å². The lowest BCUT2D eigenvalue weighted by Gasteiger charge is -2.10. The van der Waals surface area contributed by atoms with Crippen molar-refractivity contribution in [2.24, 2.45) is 7.05 Å². The molecule has 3 rings (SSSR count). The van der Waals surface area contributed by atoms with Gasteiger partial charge in [-0.15, -0.1) is 0 Å². The average molecular weight is 337 g/mol. The van der Waals surface area contributed by atoms with Crippen molar-refractivity contribution in [1.29, 1.82) is 0 Å². The molecule has 0 aromatic carbocycles. The number of aryl methyl sites for hydroxylation is 3. The van der Waals surface area contributed by atoms with Gasteiger partial charge in [0.15, 0.2) is 5.65 Å². The molecule has 10 heteroatoms. The number of nitrogens with zero attached hydrogens (tertiary/aromatic N) is 6. The molecule has 0 atom stereocenters. The van der Waals surface area contributed by atoms with Gasteiger partial charge >= 0.3 is 6.18 Å². The van der Waals surface area contributed by atoms with Crippen molar-refractivity contribution >= 4 is 16.9 Å². The molecule has 126 valence electrons. The number of fused-ring (bicyclic) bond motifs is 1. The number of rotatable bonds is 3. The van der Waals surface area contributed by atoms with Gasteiger partial charge in [0.1, 0.15) is 23.2 Å². The molecule has 7 nitrogen and oxygen atoms in total. The van der Waals surface area contributed by atoms with Crippen LogP contribution >= 0.6 is 0 Å². The predicted molar refractivity (Wildman–Crippen MR) is 80.1 cm³/mol. The number of aromatic nitrogens is 6. The fourth-order valence-electron chi connectivity index (χ4n) is 2.28. The Balaban J connectivity index is 1.90. The number of hydrogen-bond acceptors (Lipinski definition) is 6. The van der Waals surface area contributed by atoms with Gasteiger partial charge in [0.25, 0.3) is 0 Å². The summed E-state index contributed by atoms with van der Waals surface area (Å²) >= 11 is 0. The Morgan fingerprint density at radius 2 is 1.88 bits per heavy atom. The summed E-state index contributed by atoms with van der Waals surface area (Å²) in [7, 11) is 1.75. The summed E-state index contributed by atoms with van der Waals surface area (Å²) in [6, 6.07) is 0.914. The molecule has 24 heavy (non-hydrogen) atoms. The summed E-state index contributed by atoms with van der Waals surface area (Å²) in [6.07, 6.45) is -2.92. The Labute approximate surface area is 135 Å². The van der Waals surface area contributed by atoms with Gasteiger partial charge in [0.05, 0.1) is 18.1 Å². The van der Waals surface area contributed by atoms with Crippen molar-refractivity contribution in [3.05, 3.63) is 35.3 Å². The zero-order valence-electron chi connectivity index (χ0n) is 13.2. The lowest BCUT2D eigenvalue weighted by atomic mass is 10.3. The number of alkyl halides is 3. The first-order chi connectivity index (χ1) is 11.2. The fraction of sp³-hybridized carbons (Fsp3) is 0.357. The monoisotopic (exact) mass is 337 g/mol. The van der Waals surface area contributed by atoms with Gasteiger partial charge in [-0.1, -0.05) is 0 Å². The molecule has 3 aromatic rings. The molecule has 0 bridgehead atoms. The van der Waals surface area contributed by atoms with E-state index in [1.54, 1.807) is 24.9 Å². The molecule has 0 aliphatic rings. The van der Waals surface area contributed by atoms with Gasteiger partial charge in [0.2, 0.25) is 0 Å². The summed E-state index contributed by atoms with van der Waals surface area (Å²) in [5.74, 6) is 1.04. The maximum absolute atomic E-state index is 12.8. The fourth-order valence-corrected chi connectivity index (χ4v) is 2.28. The third kappa shape index (κ3) is 3.12. The van der Waals surface area contributed by atoms with Crippen LogP contribution in [0.4, 0.5) is 19.0 Å². The topological polar surface area (TPSA) is 81.4 Å². The van der Waals surface area contributed by atoms with E-state index >= 15 is 0 Å². The third-order valence-electron chi connectivity index (χ3n) is 3.31. The summed E-state index contributed by atoms with van der Waals surface area (Å²) in [6.45, 7) is 3.22. The molecule has 0 saturated carbocycles. The minimum Gasteiger partial charge on any atom is -0.362 e. The number of nitrogens with one attached hydrogen (secondary N) is 1. The highest BCUT2D eigenvalue weighted by molar-refractivity contribution is 5.86. The van der Waals surface area contributed by atoms with Crippen LogP contribution < -0.4 is 5.32 Å². The lowest BCUT2D eigenvalue weighted by Crippen LogP contribution is -2.14. The molecule has 0 aliphatic carbocycles. The van der Waals surface area contributed by atoms with E-state index < -0.39 is 11.9 Å². The van der Waals surface area contributed by atoms with Gasteiger partial charge < -0.3 is 5.32 Å². The van der Waals surface area contributed by atoms with Crippen LogP contribution in [-0.2, 0) is 19.8 Å². The summed E-state index contributed by atoms with van der Waals surface area (Å²) < 4.78 is 40.1. The molecule has 0 spiro atoms. The van der Waals surface area contributed by atoms with Crippen LogP contribution in [0.15, 0.2) is 12.3 Å². The minimum absolute atomic E-state index is 0.00517. The third-order valence-corrected chi connectivity index (χ3v) is 3.31. The second-order valence-corrected chi connectivity index (χ2v) is 5.29. The second-order valence-electron chi connectivity index (χ2n) is 5.29. The normalized spacial score (nSPS) is 11.9. The van der Waals surface area contributed by atoms with Crippen molar-refractivity contribution in [2.75, 3.05) is 5.32 Å². The molecule has 0 fully saturated rings. The molecular weight excluding hydrogens is 323 g/mol. The maximum Gasteiger partial charge on any atom is 0.433 e. The Bertz CT molecular complexity index is 901. The van der Waals surface area contributed by atoms with Crippen molar-refractivity contribution in [3.8, 4) is 0 Å². The Morgan fingerprint density at radius 1 is 1.12 bits per heavy atom. The van der Waals surface area contributed by atoms with Gasteiger partial charge in [-0.3, -0.25) is 4.68 Å². The lowest BCUT2D eigenvalue weighted by molar-refractivity contribution is -0.141. The molecule has 3 heterocycles. The molecule has 1 N–H and O–H groups in total. The summed E-state index contributed by atoms with van der Waals surface area (Å²) in [4.78, 5) is 16.1. The van der Waals surface area contributed by atoms with Gasteiger partial charge in [-0.05, 0) is 19.9 Å². The van der Waals surface area contributed by atoms with Crippen LogP contribution in [0.5, 0.6) is 0 Å².